The van der Waals surface area contributed by atoms with Crippen molar-refractivity contribution in [2.75, 3.05) is 6.54 Å². The second-order valence-electron chi connectivity index (χ2n) is 5.92. The largest absolute Gasteiger partial charge is 0.393 e. The molecule has 96 valence electrons. The number of hydrogen-bond acceptors (Lipinski definition) is 2. The van der Waals surface area contributed by atoms with Gasteiger partial charge in [-0.05, 0) is 52.0 Å². The van der Waals surface area contributed by atoms with Gasteiger partial charge in [0.2, 0.25) is 0 Å². The molecule has 1 aliphatic rings. The monoisotopic (exact) mass is 227 g/mol. The lowest BCUT2D eigenvalue weighted by atomic mass is 9.84. The molecule has 1 rings (SSSR count). The van der Waals surface area contributed by atoms with E-state index in [4.69, 9.17) is 0 Å². The molecule has 1 atom stereocenters. The van der Waals surface area contributed by atoms with Gasteiger partial charge in [0.1, 0.15) is 0 Å². The van der Waals surface area contributed by atoms with Crippen molar-refractivity contribution < 1.29 is 5.11 Å². The van der Waals surface area contributed by atoms with Crippen LogP contribution in [0.15, 0.2) is 0 Å². The van der Waals surface area contributed by atoms with Crippen LogP contribution in [0, 0.1) is 5.92 Å². The predicted molar refractivity (Wildman–Crippen MR) is 69.6 cm³/mol. The Balaban J connectivity index is 2.16. The molecule has 0 aromatic rings. The average molecular weight is 227 g/mol. The standard InChI is InChI=1S/C14H29NO/c1-4-14(2,3)15-11-10-13(16)12-8-6-5-7-9-12/h12-13,15-16H,4-11H2,1-3H3. The van der Waals surface area contributed by atoms with Gasteiger partial charge in [-0.15, -0.1) is 0 Å². The Kier molecular flexibility index (Phi) is 5.77. The fourth-order valence-electron chi connectivity index (χ4n) is 2.44. The summed E-state index contributed by atoms with van der Waals surface area (Å²) in [5.74, 6) is 0.570. The normalized spacial score (nSPS) is 21.0. The van der Waals surface area contributed by atoms with Gasteiger partial charge in [-0.1, -0.05) is 26.2 Å². The van der Waals surface area contributed by atoms with Crippen LogP contribution < -0.4 is 5.32 Å². The summed E-state index contributed by atoms with van der Waals surface area (Å²) >= 11 is 0. The van der Waals surface area contributed by atoms with Crippen LogP contribution >= 0.6 is 0 Å². The highest BCUT2D eigenvalue weighted by Gasteiger charge is 2.22. The lowest BCUT2D eigenvalue weighted by molar-refractivity contribution is 0.0754. The first kappa shape index (κ1) is 14.0. The summed E-state index contributed by atoms with van der Waals surface area (Å²) in [6.07, 6.45) is 8.42. The quantitative estimate of drug-likeness (QED) is 0.731. The molecule has 1 aliphatic carbocycles. The molecule has 0 radical (unpaired) electrons. The minimum absolute atomic E-state index is 0.0829. The molecule has 2 heteroatoms. The summed E-state index contributed by atoms with van der Waals surface area (Å²) in [4.78, 5) is 0. The Morgan fingerprint density at radius 1 is 1.25 bits per heavy atom. The molecular formula is C14H29NO. The minimum atomic E-state index is -0.0829. The molecule has 0 saturated heterocycles. The van der Waals surface area contributed by atoms with Crippen molar-refractivity contribution in [1.29, 1.82) is 0 Å². The van der Waals surface area contributed by atoms with Gasteiger partial charge in [-0.3, -0.25) is 0 Å². The SMILES string of the molecule is CCC(C)(C)NCCC(O)C1CCCCC1. The van der Waals surface area contributed by atoms with E-state index in [9.17, 15) is 5.11 Å². The lowest BCUT2D eigenvalue weighted by Crippen LogP contribution is -2.40. The zero-order valence-corrected chi connectivity index (χ0v) is 11.3. The van der Waals surface area contributed by atoms with E-state index in [1.165, 1.54) is 32.1 Å². The average Bonchev–Trinajstić information content (AvgIpc) is 2.30. The molecule has 0 heterocycles. The second kappa shape index (κ2) is 6.61. The third kappa shape index (κ3) is 4.84. The van der Waals surface area contributed by atoms with E-state index >= 15 is 0 Å². The van der Waals surface area contributed by atoms with Crippen molar-refractivity contribution in [1.82, 2.24) is 5.32 Å². The van der Waals surface area contributed by atoms with Crippen molar-refractivity contribution >= 4 is 0 Å². The van der Waals surface area contributed by atoms with Gasteiger partial charge in [-0.2, -0.15) is 0 Å². The van der Waals surface area contributed by atoms with E-state index in [1.807, 2.05) is 0 Å². The van der Waals surface area contributed by atoms with Crippen LogP contribution in [0.4, 0.5) is 0 Å². The Hall–Kier alpha value is -0.0800. The molecule has 2 nitrogen and oxygen atoms in total. The summed E-state index contributed by atoms with van der Waals surface area (Å²) in [6, 6.07) is 0. The summed E-state index contributed by atoms with van der Waals surface area (Å²) in [6.45, 7) is 7.59. The van der Waals surface area contributed by atoms with Crippen molar-refractivity contribution in [2.45, 2.75) is 77.4 Å². The van der Waals surface area contributed by atoms with E-state index in [1.54, 1.807) is 0 Å². The van der Waals surface area contributed by atoms with Gasteiger partial charge in [0, 0.05) is 5.54 Å². The first-order valence-electron chi connectivity index (χ1n) is 6.98. The van der Waals surface area contributed by atoms with Gasteiger partial charge < -0.3 is 10.4 Å². The fourth-order valence-corrected chi connectivity index (χ4v) is 2.44. The van der Waals surface area contributed by atoms with E-state index in [0.29, 0.717) is 5.92 Å². The Bertz CT molecular complexity index is 185. The lowest BCUT2D eigenvalue weighted by Gasteiger charge is -2.29. The van der Waals surface area contributed by atoms with Crippen molar-refractivity contribution in [3.8, 4) is 0 Å². The first-order valence-corrected chi connectivity index (χ1v) is 6.98. The van der Waals surface area contributed by atoms with Gasteiger partial charge in [-0.25, -0.2) is 0 Å². The molecule has 0 aromatic heterocycles. The number of aliphatic hydroxyl groups is 1. The second-order valence-corrected chi connectivity index (χ2v) is 5.92. The molecule has 0 aromatic carbocycles. The van der Waals surface area contributed by atoms with Crippen LogP contribution in [0.3, 0.4) is 0 Å². The van der Waals surface area contributed by atoms with Gasteiger partial charge in [0.05, 0.1) is 6.10 Å². The Morgan fingerprint density at radius 3 is 2.44 bits per heavy atom. The zero-order valence-electron chi connectivity index (χ0n) is 11.3. The van der Waals surface area contributed by atoms with Crippen LogP contribution in [-0.2, 0) is 0 Å². The number of aliphatic hydroxyl groups excluding tert-OH is 1. The zero-order chi connectivity index (χ0) is 12.0. The molecular weight excluding hydrogens is 198 g/mol. The van der Waals surface area contributed by atoms with Crippen LogP contribution in [-0.4, -0.2) is 23.3 Å². The van der Waals surface area contributed by atoms with Crippen LogP contribution in [0.25, 0.3) is 0 Å². The topological polar surface area (TPSA) is 32.3 Å². The molecule has 0 amide bonds. The number of rotatable bonds is 6. The highest BCUT2D eigenvalue weighted by Crippen LogP contribution is 2.27. The van der Waals surface area contributed by atoms with Crippen molar-refractivity contribution in [3.05, 3.63) is 0 Å². The summed E-state index contributed by atoms with van der Waals surface area (Å²) in [5.41, 5.74) is 0.215. The molecule has 2 N–H and O–H groups in total. The summed E-state index contributed by atoms with van der Waals surface area (Å²) < 4.78 is 0. The maximum Gasteiger partial charge on any atom is 0.0580 e. The number of nitrogens with one attached hydrogen (secondary N) is 1. The first-order chi connectivity index (χ1) is 7.55. The van der Waals surface area contributed by atoms with Crippen LogP contribution in [0.2, 0.25) is 0 Å². The third-order valence-corrected chi connectivity index (χ3v) is 4.12. The van der Waals surface area contributed by atoms with Crippen LogP contribution in [0.5, 0.6) is 0 Å². The molecule has 16 heavy (non-hydrogen) atoms. The maximum absolute atomic E-state index is 10.1. The third-order valence-electron chi connectivity index (χ3n) is 4.12. The maximum atomic E-state index is 10.1. The van der Waals surface area contributed by atoms with E-state index < -0.39 is 0 Å². The van der Waals surface area contributed by atoms with E-state index in [0.717, 1.165) is 19.4 Å². The minimum Gasteiger partial charge on any atom is -0.393 e. The Morgan fingerprint density at radius 2 is 1.88 bits per heavy atom. The Labute approximate surface area is 101 Å². The van der Waals surface area contributed by atoms with Gasteiger partial charge in [0.15, 0.2) is 0 Å². The highest BCUT2D eigenvalue weighted by atomic mass is 16.3. The highest BCUT2D eigenvalue weighted by molar-refractivity contribution is 4.78. The molecule has 0 aliphatic heterocycles. The molecule has 1 fully saturated rings. The van der Waals surface area contributed by atoms with E-state index in [2.05, 4.69) is 26.1 Å². The summed E-state index contributed by atoms with van der Waals surface area (Å²) in [7, 11) is 0. The van der Waals surface area contributed by atoms with Gasteiger partial charge in [0.25, 0.3) is 0 Å². The van der Waals surface area contributed by atoms with E-state index in [-0.39, 0.29) is 11.6 Å². The summed E-state index contributed by atoms with van der Waals surface area (Å²) in [5, 5.41) is 13.6. The predicted octanol–water partition coefficient (Wildman–Crippen LogP) is 3.10. The molecule has 1 unspecified atom stereocenters. The number of hydrogen-bond donors (Lipinski definition) is 2. The fraction of sp³-hybridized carbons (Fsp3) is 1.00. The van der Waals surface area contributed by atoms with Gasteiger partial charge >= 0.3 is 0 Å². The van der Waals surface area contributed by atoms with Crippen molar-refractivity contribution in [2.24, 2.45) is 5.92 Å². The van der Waals surface area contributed by atoms with Crippen LogP contribution in [0.1, 0.15) is 65.7 Å². The van der Waals surface area contributed by atoms with Crippen molar-refractivity contribution in [3.63, 3.8) is 0 Å². The molecule has 0 spiro atoms. The molecule has 1 saturated carbocycles. The smallest absolute Gasteiger partial charge is 0.0580 e. The molecule has 0 bridgehead atoms.